The SMILES string of the molecule is Cc1ccc(C(=O)OCC2OC(/C(C#N)=C/NCC#N)[C@](C)(OCc3ccccc3)[C@@H]2OC(=O)c2ccc(C)cc2)cc1. The molecule has 3 aromatic rings. The maximum Gasteiger partial charge on any atom is 0.338 e. The van der Waals surface area contributed by atoms with Crippen LogP contribution in [0.15, 0.2) is 90.6 Å². The van der Waals surface area contributed by atoms with Crippen molar-refractivity contribution in [3.05, 3.63) is 118 Å². The number of nitrogens with zero attached hydrogens (tertiary/aromatic N) is 2. The molecule has 0 saturated carbocycles. The molecule has 0 bridgehead atoms. The summed E-state index contributed by atoms with van der Waals surface area (Å²) in [6.45, 7) is 5.33. The van der Waals surface area contributed by atoms with Gasteiger partial charge in [0, 0.05) is 6.20 Å². The molecule has 1 aliphatic rings. The van der Waals surface area contributed by atoms with E-state index in [1.807, 2.05) is 50.2 Å². The van der Waals surface area contributed by atoms with Gasteiger partial charge < -0.3 is 24.3 Å². The first-order chi connectivity index (χ1) is 20.7. The lowest BCUT2D eigenvalue weighted by Gasteiger charge is -2.35. The van der Waals surface area contributed by atoms with E-state index in [-0.39, 0.29) is 25.3 Å². The van der Waals surface area contributed by atoms with Crippen molar-refractivity contribution in [3.63, 3.8) is 0 Å². The van der Waals surface area contributed by atoms with Crippen molar-refractivity contribution in [2.75, 3.05) is 13.2 Å². The van der Waals surface area contributed by atoms with E-state index in [0.29, 0.717) is 11.1 Å². The van der Waals surface area contributed by atoms with Crippen LogP contribution in [0.5, 0.6) is 0 Å². The summed E-state index contributed by atoms with van der Waals surface area (Å²) in [5.41, 5.74) is 2.23. The molecule has 1 fully saturated rings. The second-order valence-corrected chi connectivity index (χ2v) is 10.4. The van der Waals surface area contributed by atoms with Crippen molar-refractivity contribution >= 4 is 11.9 Å². The normalized spacial score (nSPS) is 21.3. The van der Waals surface area contributed by atoms with Crippen molar-refractivity contribution in [2.24, 2.45) is 0 Å². The van der Waals surface area contributed by atoms with E-state index in [1.165, 1.54) is 6.20 Å². The molecule has 0 spiro atoms. The van der Waals surface area contributed by atoms with E-state index in [1.54, 1.807) is 55.5 Å². The fourth-order valence-electron chi connectivity index (χ4n) is 4.75. The van der Waals surface area contributed by atoms with Gasteiger partial charge in [-0.1, -0.05) is 65.7 Å². The van der Waals surface area contributed by atoms with E-state index in [4.69, 9.17) is 24.2 Å². The fraction of sp³-hybridized carbons (Fsp3) is 0.294. The number of carbonyl (C=O) groups excluding carboxylic acids is 2. The lowest BCUT2D eigenvalue weighted by Crippen LogP contribution is -2.51. The lowest BCUT2D eigenvalue weighted by molar-refractivity contribution is -0.119. The third-order valence-corrected chi connectivity index (χ3v) is 7.16. The van der Waals surface area contributed by atoms with Gasteiger partial charge in [-0.25, -0.2) is 9.59 Å². The molecule has 43 heavy (non-hydrogen) atoms. The number of benzene rings is 3. The highest BCUT2D eigenvalue weighted by Gasteiger charge is 2.59. The van der Waals surface area contributed by atoms with E-state index in [9.17, 15) is 14.9 Å². The van der Waals surface area contributed by atoms with Crippen LogP contribution in [-0.4, -0.2) is 49.0 Å². The van der Waals surface area contributed by atoms with Crippen molar-refractivity contribution < 1.29 is 28.5 Å². The van der Waals surface area contributed by atoms with E-state index in [2.05, 4.69) is 11.4 Å². The van der Waals surface area contributed by atoms with Gasteiger partial charge >= 0.3 is 11.9 Å². The summed E-state index contributed by atoms with van der Waals surface area (Å²) >= 11 is 0. The first-order valence-electron chi connectivity index (χ1n) is 13.8. The Balaban J connectivity index is 1.69. The minimum atomic E-state index is -1.40. The topological polar surface area (TPSA) is 131 Å². The third-order valence-electron chi connectivity index (χ3n) is 7.16. The van der Waals surface area contributed by atoms with Gasteiger partial charge in [-0.15, -0.1) is 0 Å². The second kappa shape index (κ2) is 14.3. The molecular weight excluding hydrogens is 546 g/mol. The van der Waals surface area contributed by atoms with Gasteiger partial charge in [-0.05, 0) is 50.6 Å². The summed E-state index contributed by atoms with van der Waals surface area (Å²) in [6.07, 6.45) is -1.72. The molecule has 0 amide bonds. The largest absolute Gasteiger partial charge is 0.459 e. The van der Waals surface area contributed by atoms with E-state index < -0.39 is 35.9 Å². The van der Waals surface area contributed by atoms with Crippen LogP contribution in [0.3, 0.4) is 0 Å². The number of esters is 2. The number of ether oxygens (including phenoxy) is 4. The van der Waals surface area contributed by atoms with Crippen molar-refractivity contribution in [1.29, 1.82) is 10.5 Å². The molecule has 1 saturated heterocycles. The molecule has 0 aromatic heterocycles. The molecule has 1 heterocycles. The summed E-state index contributed by atoms with van der Waals surface area (Å²) in [7, 11) is 0. The van der Waals surface area contributed by atoms with Crippen LogP contribution in [0.4, 0.5) is 0 Å². The maximum atomic E-state index is 13.4. The first kappa shape index (κ1) is 31.0. The van der Waals surface area contributed by atoms with E-state index >= 15 is 0 Å². The number of nitriles is 2. The highest BCUT2D eigenvalue weighted by molar-refractivity contribution is 5.90. The Labute approximate surface area is 251 Å². The molecule has 1 aliphatic heterocycles. The summed E-state index contributed by atoms with van der Waals surface area (Å²) in [4.78, 5) is 26.3. The number of hydrogen-bond acceptors (Lipinski definition) is 9. The molecule has 1 N–H and O–H groups in total. The summed E-state index contributed by atoms with van der Waals surface area (Å²) < 4.78 is 24.5. The Morgan fingerprint density at radius 1 is 0.930 bits per heavy atom. The quantitative estimate of drug-likeness (QED) is 0.145. The van der Waals surface area contributed by atoms with Crippen molar-refractivity contribution in [1.82, 2.24) is 5.32 Å². The predicted octanol–water partition coefficient (Wildman–Crippen LogP) is 4.95. The number of hydrogen-bond donors (Lipinski definition) is 1. The second-order valence-electron chi connectivity index (χ2n) is 10.4. The minimum absolute atomic E-state index is 0.0388. The number of carbonyl (C=O) groups is 2. The molecule has 220 valence electrons. The molecule has 0 aliphatic carbocycles. The molecule has 2 unspecified atom stereocenters. The average molecular weight is 580 g/mol. The highest BCUT2D eigenvalue weighted by atomic mass is 16.6. The summed E-state index contributed by atoms with van der Waals surface area (Å²) in [5, 5.41) is 21.8. The van der Waals surface area contributed by atoms with E-state index in [0.717, 1.165) is 16.7 Å². The maximum absolute atomic E-state index is 13.4. The number of rotatable bonds is 11. The van der Waals surface area contributed by atoms with Gasteiger partial charge in [0.2, 0.25) is 0 Å². The fourth-order valence-corrected chi connectivity index (χ4v) is 4.75. The van der Waals surface area contributed by atoms with Gasteiger partial charge in [0.1, 0.15) is 31.0 Å². The molecular formula is C34H33N3O6. The van der Waals surface area contributed by atoms with Gasteiger partial charge in [-0.3, -0.25) is 0 Å². The van der Waals surface area contributed by atoms with Crippen LogP contribution in [0, 0.1) is 36.5 Å². The number of aryl methyl sites for hydroxylation is 2. The van der Waals surface area contributed by atoms with Gasteiger partial charge in [0.15, 0.2) is 6.10 Å². The lowest BCUT2D eigenvalue weighted by atomic mass is 9.88. The molecule has 9 heteroatoms. The molecule has 9 nitrogen and oxygen atoms in total. The van der Waals surface area contributed by atoms with Gasteiger partial charge in [0.05, 0.1) is 35.4 Å². The Morgan fingerprint density at radius 3 is 2.12 bits per heavy atom. The molecule has 0 radical (unpaired) electrons. The number of nitrogens with one attached hydrogen (secondary N) is 1. The Bertz CT molecular complexity index is 1520. The zero-order valence-electron chi connectivity index (χ0n) is 24.3. The monoisotopic (exact) mass is 579 g/mol. The summed E-state index contributed by atoms with van der Waals surface area (Å²) in [5.74, 6) is -1.20. The molecule has 4 atom stereocenters. The van der Waals surface area contributed by atoms with Crippen LogP contribution >= 0.6 is 0 Å². The van der Waals surface area contributed by atoms with Gasteiger partial charge in [0.25, 0.3) is 0 Å². The zero-order valence-corrected chi connectivity index (χ0v) is 24.3. The van der Waals surface area contributed by atoms with Crippen LogP contribution in [0.25, 0.3) is 0 Å². The molecule has 4 rings (SSSR count). The van der Waals surface area contributed by atoms with Crippen LogP contribution in [0.2, 0.25) is 0 Å². The van der Waals surface area contributed by atoms with Crippen LogP contribution in [-0.2, 0) is 25.6 Å². The average Bonchev–Trinajstić information content (AvgIpc) is 3.29. The minimum Gasteiger partial charge on any atom is -0.459 e. The Kier molecular flexibility index (Phi) is 10.3. The standard InChI is InChI=1S/C34H33N3O6/c1-23-9-13-26(14-10-23)32(38)40-22-29-31(43-33(39)27-15-11-24(2)12-16-27)34(3,41-21-25-7-5-4-6-8-25)30(42-29)28(19-36)20-37-18-17-35/h4-16,20,29-31,37H,18,21-22H2,1-3H3/b28-20+/t29?,30?,31-,34+/m1/s1. The summed E-state index contributed by atoms with van der Waals surface area (Å²) in [6, 6.07) is 27.3. The van der Waals surface area contributed by atoms with Crippen LogP contribution in [0.1, 0.15) is 44.3 Å². The van der Waals surface area contributed by atoms with Gasteiger partial charge in [-0.2, -0.15) is 10.5 Å². The van der Waals surface area contributed by atoms with Crippen molar-refractivity contribution in [3.8, 4) is 12.1 Å². The third kappa shape index (κ3) is 7.66. The molecule has 3 aromatic carbocycles. The van der Waals surface area contributed by atoms with Crippen molar-refractivity contribution in [2.45, 2.75) is 51.3 Å². The Hall–Kier alpha value is -4.96. The highest BCUT2D eigenvalue weighted by Crippen LogP contribution is 2.41. The Morgan fingerprint density at radius 2 is 1.53 bits per heavy atom. The zero-order chi connectivity index (χ0) is 30.8. The first-order valence-corrected chi connectivity index (χ1v) is 13.8. The smallest absolute Gasteiger partial charge is 0.338 e. The van der Waals surface area contributed by atoms with Crippen LogP contribution < -0.4 is 5.32 Å². The predicted molar refractivity (Wildman–Crippen MR) is 157 cm³/mol.